The van der Waals surface area contributed by atoms with Gasteiger partial charge in [0.1, 0.15) is 5.02 Å². The monoisotopic (exact) mass is 299 g/mol. The lowest BCUT2D eigenvalue weighted by atomic mass is 10.2. The summed E-state index contributed by atoms with van der Waals surface area (Å²) in [6.45, 7) is 2.94. The van der Waals surface area contributed by atoms with E-state index in [1.807, 2.05) is 4.90 Å². The number of nitrogens with one attached hydrogen (secondary N) is 1. The van der Waals surface area contributed by atoms with Gasteiger partial charge < -0.3 is 10.1 Å². The highest BCUT2D eigenvalue weighted by Crippen LogP contribution is 2.27. The maximum atomic E-state index is 11.8. The van der Waals surface area contributed by atoms with Crippen molar-refractivity contribution >= 4 is 28.9 Å². The van der Waals surface area contributed by atoms with E-state index in [0.29, 0.717) is 32.0 Å². The molecule has 1 heterocycles. The highest BCUT2D eigenvalue weighted by atomic mass is 35.5. The number of carbonyl (C=O) groups is 1. The fraction of sp³-hybridized carbons (Fsp3) is 0.417. The number of halogens is 1. The number of hydrogen-bond acceptors (Lipinski definition) is 5. The maximum absolute atomic E-state index is 11.8. The molecule has 0 spiro atoms. The topological polar surface area (TPSA) is 84.7 Å². The fourth-order valence-corrected chi connectivity index (χ4v) is 2.15. The molecule has 1 fully saturated rings. The Labute approximate surface area is 120 Å². The molecule has 8 heteroatoms. The number of nitro benzene ring substituents is 1. The summed E-state index contributed by atoms with van der Waals surface area (Å²) in [6, 6.07) is 4.10. The molecule has 0 bridgehead atoms. The number of nitro groups is 1. The van der Waals surface area contributed by atoms with Crippen molar-refractivity contribution in [2.75, 3.05) is 38.2 Å². The number of amides is 1. The molecule has 108 valence electrons. The van der Waals surface area contributed by atoms with Crippen LogP contribution < -0.4 is 5.32 Å². The lowest BCUT2D eigenvalue weighted by Crippen LogP contribution is -2.41. The molecule has 1 aromatic carbocycles. The van der Waals surface area contributed by atoms with Gasteiger partial charge in [-0.2, -0.15) is 0 Å². The Bertz CT molecular complexity index is 517. The first-order valence-corrected chi connectivity index (χ1v) is 6.48. The standard InChI is InChI=1S/C12H14ClN3O4/c13-10-7-9(1-2-11(10)16(18)19)14-12(17)8-15-3-5-20-6-4-15/h1-2,7H,3-6,8H2,(H,14,17). The molecule has 0 aliphatic carbocycles. The van der Waals surface area contributed by atoms with Crippen LogP contribution in [-0.4, -0.2) is 48.6 Å². The first-order chi connectivity index (χ1) is 9.56. The van der Waals surface area contributed by atoms with Crippen molar-refractivity contribution in [3.63, 3.8) is 0 Å². The molecule has 20 heavy (non-hydrogen) atoms. The third-order valence-electron chi connectivity index (χ3n) is 2.90. The van der Waals surface area contributed by atoms with Crippen LogP contribution in [0.3, 0.4) is 0 Å². The summed E-state index contributed by atoms with van der Waals surface area (Å²) < 4.78 is 5.20. The van der Waals surface area contributed by atoms with Crippen molar-refractivity contribution in [2.45, 2.75) is 0 Å². The van der Waals surface area contributed by atoms with Gasteiger partial charge >= 0.3 is 0 Å². The maximum Gasteiger partial charge on any atom is 0.288 e. The molecule has 0 atom stereocenters. The number of anilines is 1. The average molecular weight is 300 g/mol. The van der Waals surface area contributed by atoms with Gasteiger partial charge in [-0.25, -0.2) is 0 Å². The van der Waals surface area contributed by atoms with Gasteiger partial charge in [0, 0.05) is 24.8 Å². The first-order valence-electron chi connectivity index (χ1n) is 6.10. The molecular weight excluding hydrogens is 286 g/mol. The number of rotatable bonds is 4. The Hall–Kier alpha value is -1.70. The van der Waals surface area contributed by atoms with Gasteiger partial charge in [0.25, 0.3) is 5.69 Å². The minimum Gasteiger partial charge on any atom is -0.379 e. The summed E-state index contributed by atoms with van der Waals surface area (Å²) >= 11 is 5.78. The Morgan fingerprint density at radius 1 is 1.45 bits per heavy atom. The number of nitrogens with zero attached hydrogens (tertiary/aromatic N) is 2. The zero-order chi connectivity index (χ0) is 14.5. The largest absolute Gasteiger partial charge is 0.379 e. The third-order valence-corrected chi connectivity index (χ3v) is 3.20. The number of ether oxygens (including phenoxy) is 1. The fourth-order valence-electron chi connectivity index (χ4n) is 1.90. The Morgan fingerprint density at radius 2 is 2.15 bits per heavy atom. The van der Waals surface area contributed by atoms with Crippen LogP contribution in [0.5, 0.6) is 0 Å². The lowest BCUT2D eigenvalue weighted by Gasteiger charge is -2.25. The highest BCUT2D eigenvalue weighted by Gasteiger charge is 2.16. The van der Waals surface area contributed by atoms with E-state index >= 15 is 0 Å². The van der Waals surface area contributed by atoms with E-state index in [1.165, 1.54) is 18.2 Å². The second kappa shape index (κ2) is 6.65. The van der Waals surface area contributed by atoms with Gasteiger partial charge in [-0.1, -0.05) is 11.6 Å². The Morgan fingerprint density at radius 3 is 2.75 bits per heavy atom. The van der Waals surface area contributed by atoms with Crippen LogP contribution in [0, 0.1) is 10.1 Å². The average Bonchev–Trinajstić information content (AvgIpc) is 2.39. The molecule has 1 aliphatic heterocycles. The minimum absolute atomic E-state index is 0.000766. The van der Waals surface area contributed by atoms with Crippen LogP contribution in [0.2, 0.25) is 5.02 Å². The summed E-state index contributed by atoms with van der Waals surface area (Å²) in [5.41, 5.74) is 0.261. The predicted molar refractivity (Wildman–Crippen MR) is 74.0 cm³/mol. The molecule has 1 saturated heterocycles. The van der Waals surface area contributed by atoms with Gasteiger partial charge in [0.2, 0.25) is 5.91 Å². The van der Waals surface area contributed by atoms with Gasteiger partial charge in [0.05, 0.1) is 24.7 Å². The zero-order valence-electron chi connectivity index (χ0n) is 10.7. The number of morpholine rings is 1. The van der Waals surface area contributed by atoms with Crippen molar-refractivity contribution < 1.29 is 14.5 Å². The van der Waals surface area contributed by atoms with E-state index in [-0.39, 0.29) is 23.2 Å². The first kappa shape index (κ1) is 14.7. The molecule has 1 N–H and O–H groups in total. The highest BCUT2D eigenvalue weighted by molar-refractivity contribution is 6.33. The van der Waals surface area contributed by atoms with Crippen molar-refractivity contribution in [3.05, 3.63) is 33.3 Å². The summed E-state index contributed by atoms with van der Waals surface area (Å²) in [5.74, 6) is -0.184. The second-order valence-electron chi connectivity index (χ2n) is 4.36. The molecular formula is C12H14ClN3O4. The lowest BCUT2D eigenvalue weighted by molar-refractivity contribution is -0.384. The molecule has 1 aliphatic rings. The summed E-state index contributed by atoms with van der Waals surface area (Å²) in [4.78, 5) is 23.9. The van der Waals surface area contributed by atoms with E-state index in [4.69, 9.17) is 16.3 Å². The summed E-state index contributed by atoms with van der Waals surface area (Å²) in [7, 11) is 0. The van der Waals surface area contributed by atoms with Crippen molar-refractivity contribution in [2.24, 2.45) is 0 Å². The van der Waals surface area contributed by atoms with E-state index in [2.05, 4.69) is 5.32 Å². The zero-order valence-corrected chi connectivity index (χ0v) is 11.4. The number of carbonyl (C=O) groups excluding carboxylic acids is 1. The molecule has 0 unspecified atom stereocenters. The van der Waals surface area contributed by atoms with E-state index in [1.54, 1.807) is 0 Å². The Kier molecular flexibility index (Phi) is 4.89. The summed E-state index contributed by atoms with van der Waals surface area (Å²) in [5, 5.41) is 13.3. The van der Waals surface area contributed by atoms with Crippen LogP contribution in [0.4, 0.5) is 11.4 Å². The Balaban J connectivity index is 1.93. The van der Waals surface area contributed by atoms with Crippen LogP contribution in [0.25, 0.3) is 0 Å². The predicted octanol–water partition coefficient (Wildman–Crippen LogP) is 1.52. The second-order valence-corrected chi connectivity index (χ2v) is 4.77. The van der Waals surface area contributed by atoms with Crippen molar-refractivity contribution in [3.8, 4) is 0 Å². The van der Waals surface area contributed by atoms with Crippen molar-refractivity contribution in [1.82, 2.24) is 4.90 Å². The number of hydrogen-bond donors (Lipinski definition) is 1. The quantitative estimate of drug-likeness (QED) is 0.673. The van der Waals surface area contributed by atoms with E-state index < -0.39 is 4.92 Å². The molecule has 7 nitrogen and oxygen atoms in total. The molecule has 0 radical (unpaired) electrons. The summed E-state index contributed by atoms with van der Waals surface area (Å²) in [6.07, 6.45) is 0. The van der Waals surface area contributed by atoms with Crippen LogP contribution >= 0.6 is 11.6 Å². The van der Waals surface area contributed by atoms with Gasteiger partial charge in [0.15, 0.2) is 0 Å². The normalized spacial score (nSPS) is 15.8. The molecule has 0 aromatic heterocycles. The van der Waals surface area contributed by atoms with Gasteiger partial charge in [-0.15, -0.1) is 0 Å². The van der Waals surface area contributed by atoms with E-state index in [0.717, 1.165) is 0 Å². The number of benzene rings is 1. The smallest absolute Gasteiger partial charge is 0.288 e. The molecule has 2 rings (SSSR count). The van der Waals surface area contributed by atoms with Crippen LogP contribution in [0.1, 0.15) is 0 Å². The van der Waals surface area contributed by atoms with Gasteiger partial charge in [-0.05, 0) is 12.1 Å². The van der Waals surface area contributed by atoms with Crippen LogP contribution in [0.15, 0.2) is 18.2 Å². The minimum atomic E-state index is -0.568. The van der Waals surface area contributed by atoms with Crippen LogP contribution in [-0.2, 0) is 9.53 Å². The van der Waals surface area contributed by atoms with E-state index in [9.17, 15) is 14.9 Å². The van der Waals surface area contributed by atoms with Gasteiger partial charge in [-0.3, -0.25) is 19.8 Å². The molecule has 0 saturated carbocycles. The SMILES string of the molecule is O=C(CN1CCOCC1)Nc1ccc([N+](=O)[O-])c(Cl)c1. The molecule has 1 aromatic rings. The third kappa shape index (κ3) is 3.89. The van der Waals surface area contributed by atoms with Crippen molar-refractivity contribution in [1.29, 1.82) is 0 Å². The molecule has 1 amide bonds.